The first-order chi connectivity index (χ1) is 18.7. The zero-order valence-corrected chi connectivity index (χ0v) is 31.2. The number of rotatable bonds is 7. The minimum atomic E-state index is -1.93. The SMILES string of the molecule is C[C@H](C=CC=O)[C@H]1CC[C@H]2[C@@H]3C[C@H](O[Si](C)(C)C(C)(C)C)[C@@H]4C[C@H](O[Si](C)(C)C(C)(C)C)CC[C@]4(C)[C@H]3CC[C@]12C. The van der Waals surface area contributed by atoms with Crippen LogP contribution < -0.4 is 0 Å². The number of hydrogen-bond donors (Lipinski definition) is 0. The normalized spacial score (nSPS) is 41.0. The third-order valence-electron chi connectivity index (χ3n) is 14.3. The van der Waals surface area contributed by atoms with Crippen molar-refractivity contribution in [2.24, 2.45) is 46.3 Å². The number of aldehydes is 1. The quantitative estimate of drug-likeness (QED) is 0.165. The van der Waals surface area contributed by atoms with Crippen molar-refractivity contribution in [3.8, 4) is 0 Å². The van der Waals surface area contributed by atoms with E-state index in [1.54, 1.807) is 6.08 Å². The maximum atomic E-state index is 11.1. The van der Waals surface area contributed by atoms with Gasteiger partial charge in [0.25, 0.3) is 0 Å². The van der Waals surface area contributed by atoms with Gasteiger partial charge >= 0.3 is 0 Å². The van der Waals surface area contributed by atoms with Crippen molar-refractivity contribution in [3.63, 3.8) is 0 Å². The van der Waals surface area contributed by atoms with Crippen molar-refractivity contribution in [3.05, 3.63) is 12.2 Å². The number of carbonyl (C=O) groups excluding carboxylic acids is 1. The summed E-state index contributed by atoms with van der Waals surface area (Å²) in [4.78, 5) is 11.1. The number of hydrogen-bond acceptors (Lipinski definition) is 3. The third kappa shape index (κ3) is 6.06. The third-order valence-corrected chi connectivity index (χ3v) is 23.4. The molecule has 0 aliphatic heterocycles. The predicted octanol–water partition coefficient (Wildman–Crippen LogP) is 10.4. The van der Waals surface area contributed by atoms with Crippen LogP contribution in [0.4, 0.5) is 0 Å². The van der Waals surface area contributed by atoms with Gasteiger partial charge in [0.15, 0.2) is 16.6 Å². The largest absolute Gasteiger partial charge is 0.414 e. The molecule has 10 atom stereocenters. The van der Waals surface area contributed by atoms with E-state index in [2.05, 4.69) is 94.6 Å². The lowest BCUT2D eigenvalue weighted by Crippen LogP contribution is -2.61. The molecule has 0 spiro atoms. The molecule has 3 nitrogen and oxygen atoms in total. The molecule has 0 unspecified atom stereocenters. The standard InChI is InChI=1S/C36H66O3Si2/c1-25(15-14-22-37)28-16-17-29-27-24-32(39-41(12,13)34(5,6)7)31-23-26(38-40(10,11)33(2,3)4)18-20-36(31,9)30(27)19-21-35(28,29)8/h14-15,22,25-32H,16-21,23-24H2,1-13H3/t25-,26-,27+,28-,29+,30+,31+,32+,35-,36-/m1/s1. The van der Waals surface area contributed by atoms with Crippen LogP contribution in [0.5, 0.6) is 0 Å². The highest BCUT2D eigenvalue weighted by molar-refractivity contribution is 6.74. The number of allylic oxidation sites excluding steroid dienone is 2. The van der Waals surface area contributed by atoms with E-state index >= 15 is 0 Å². The van der Waals surface area contributed by atoms with Crippen molar-refractivity contribution < 1.29 is 13.6 Å². The Morgan fingerprint density at radius 3 is 1.90 bits per heavy atom. The van der Waals surface area contributed by atoms with Crippen LogP contribution in [-0.4, -0.2) is 35.1 Å². The molecule has 0 aromatic rings. The molecule has 5 heteroatoms. The molecule has 0 amide bonds. The molecule has 4 rings (SSSR count). The van der Waals surface area contributed by atoms with Gasteiger partial charge in [0.1, 0.15) is 6.29 Å². The fraction of sp³-hybridized carbons (Fsp3) is 0.917. The van der Waals surface area contributed by atoms with Gasteiger partial charge in [-0.25, -0.2) is 0 Å². The van der Waals surface area contributed by atoms with Crippen LogP contribution in [0.3, 0.4) is 0 Å². The van der Waals surface area contributed by atoms with Crippen molar-refractivity contribution in [1.82, 2.24) is 0 Å². The average molecular weight is 603 g/mol. The molecule has 4 aliphatic carbocycles. The van der Waals surface area contributed by atoms with Crippen molar-refractivity contribution >= 4 is 22.9 Å². The second-order valence-electron chi connectivity index (χ2n) is 18.5. The Hall–Kier alpha value is -0.236. The van der Waals surface area contributed by atoms with E-state index < -0.39 is 16.6 Å². The molecule has 0 aromatic heterocycles. The van der Waals surface area contributed by atoms with E-state index in [1.165, 1.54) is 51.4 Å². The Morgan fingerprint density at radius 2 is 1.32 bits per heavy atom. The predicted molar refractivity (Wildman–Crippen MR) is 179 cm³/mol. The molecule has 4 saturated carbocycles. The monoisotopic (exact) mass is 602 g/mol. The van der Waals surface area contributed by atoms with Crippen molar-refractivity contribution in [2.75, 3.05) is 0 Å². The van der Waals surface area contributed by atoms with E-state index in [4.69, 9.17) is 8.85 Å². The molecule has 0 aromatic carbocycles. The first-order valence-electron chi connectivity index (χ1n) is 17.2. The molecule has 4 aliphatic rings. The van der Waals surface area contributed by atoms with Gasteiger partial charge in [0.2, 0.25) is 0 Å². The van der Waals surface area contributed by atoms with Gasteiger partial charge in [-0.3, -0.25) is 4.79 Å². The van der Waals surface area contributed by atoms with Gasteiger partial charge in [0.05, 0.1) is 0 Å². The summed E-state index contributed by atoms with van der Waals surface area (Å²) in [6.07, 6.45) is 15.9. The highest BCUT2D eigenvalue weighted by Crippen LogP contribution is 2.69. The van der Waals surface area contributed by atoms with Crippen LogP contribution in [0, 0.1) is 46.3 Å². The first kappa shape index (κ1) is 33.7. The molecule has 0 bridgehead atoms. The highest BCUT2D eigenvalue weighted by atomic mass is 28.4. The van der Waals surface area contributed by atoms with Crippen LogP contribution >= 0.6 is 0 Å². The molecule has 4 fully saturated rings. The molecule has 0 radical (unpaired) electrons. The summed E-state index contributed by atoms with van der Waals surface area (Å²) in [6.45, 7) is 31.8. The summed E-state index contributed by atoms with van der Waals surface area (Å²) in [5.74, 6) is 4.10. The molecular weight excluding hydrogens is 537 g/mol. The van der Waals surface area contributed by atoms with Gasteiger partial charge in [0, 0.05) is 12.2 Å². The lowest BCUT2D eigenvalue weighted by Gasteiger charge is -2.64. The van der Waals surface area contributed by atoms with Crippen LogP contribution in [0.25, 0.3) is 0 Å². The van der Waals surface area contributed by atoms with Gasteiger partial charge in [-0.1, -0.05) is 68.4 Å². The molecule has 41 heavy (non-hydrogen) atoms. The second kappa shape index (κ2) is 11.3. The Balaban J connectivity index is 1.66. The van der Waals surface area contributed by atoms with Crippen molar-refractivity contribution in [2.45, 2.75) is 162 Å². The van der Waals surface area contributed by atoms with Crippen LogP contribution in [-0.2, 0) is 13.6 Å². The molecule has 236 valence electrons. The number of fused-ring (bicyclic) bond motifs is 5. The van der Waals surface area contributed by atoms with Crippen LogP contribution in [0.1, 0.15) is 114 Å². The summed E-state index contributed by atoms with van der Waals surface area (Å²) in [5.41, 5.74) is 0.715. The average Bonchev–Trinajstić information content (AvgIpc) is 3.19. The summed E-state index contributed by atoms with van der Waals surface area (Å²) < 4.78 is 14.7. The maximum absolute atomic E-state index is 11.1. The van der Waals surface area contributed by atoms with Gasteiger partial charge in [-0.05, 0) is 140 Å². The maximum Gasteiger partial charge on any atom is 0.192 e. The van der Waals surface area contributed by atoms with Gasteiger partial charge in [-0.2, -0.15) is 0 Å². The summed E-state index contributed by atoms with van der Waals surface area (Å²) >= 11 is 0. The Bertz CT molecular complexity index is 974. The summed E-state index contributed by atoms with van der Waals surface area (Å²) in [6, 6.07) is 0. The topological polar surface area (TPSA) is 35.5 Å². The van der Waals surface area contributed by atoms with E-state index in [9.17, 15) is 4.79 Å². The van der Waals surface area contributed by atoms with Crippen LogP contribution in [0.15, 0.2) is 12.2 Å². The highest BCUT2D eigenvalue weighted by Gasteiger charge is 2.63. The van der Waals surface area contributed by atoms with E-state index in [0.29, 0.717) is 40.8 Å². The first-order valence-corrected chi connectivity index (χ1v) is 23.0. The second-order valence-corrected chi connectivity index (χ2v) is 28.0. The lowest BCUT2D eigenvalue weighted by atomic mass is 9.44. The molecule has 0 heterocycles. The minimum absolute atomic E-state index is 0.214. The van der Waals surface area contributed by atoms with Crippen LogP contribution in [0.2, 0.25) is 36.3 Å². The smallest absolute Gasteiger partial charge is 0.192 e. The Kier molecular flexibility index (Phi) is 9.26. The Labute approximate surface area is 256 Å². The summed E-state index contributed by atoms with van der Waals surface area (Å²) in [5, 5.41) is 0.458. The fourth-order valence-electron chi connectivity index (χ4n) is 9.88. The van der Waals surface area contributed by atoms with Crippen molar-refractivity contribution in [1.29, 1.82) is 0 Å². The minimum Gasteiger partial charge on any atom is -0.414 e. The fourth-order valence-corrected chi connectivity index (χ4v) is 12.6. The van der Waals surface area contributed by atoms with E-state index in [0.717, 1.165) is 24.0 Å². The lowest BCUT2D eigenvalue weighted by molar-refractivity contribution is -0.166. The summed E-state index contributed by atoms with van der Waals surface area (Å²) in [7, 11) is -3.75. The molecular formula is C36H66O3Si2. The molecule has 0 N–H and O–H groups in total. The van der Waals surface area contributed by atoms with Gasteiger partial charge in [-0.15, -0.1) is 0 Å². The zero-order chi connectivity index (χ0) is 30.8. The molecule has 0 saturated heterocycles. The van der Waals surface area contributed by atoms with E-state index in [1.807, 2.05) is 0 Å². The van der Waals surface area contributed by atoms with Gasteiger partial charge < -0.3 is 8.85 Å². The zero-order valence-electron chi connectivity index (χ0n) is 29.2. The number of carbonyl (C=O) groups is 1. The van der Waals surface area contributed by atoms with E-state index in [-0.39, 0.29) is 10.1 Å². The Morgan fingerprint density at radius 1 is 0.756 bits per heavy atom.